The minimum atomic E-state index is 0.176. The molecule has 0 aliphatic heterocycles. The van der Waals surface area contributed by atoms with E-state index in [1.807, 2.05) is 11.4 Å². The fourth-order valence-electron chi connectivity index (χ4n) is 1.20. The van der Waals surface area contributed by atoms with Gasteiger partial charge in [-0.05, 0) is 22.0 Å². The maximum Gasteiger partial charge on any atom is 0.223 e. The number of anilines is 3. The summed E-state index contributed by atoms with van der Waals surface area (Å²) < 4.78 is 1.08. The third kappa shape index (κ3) is 2.83. The minimum absolute atomic E-state index is 0.176. The van der Waals surface area contributed by atoms with Crippen molar-refractivity contribution in [2.45, 2.75) is 6.54 Å². The average molecular weight is 300 g/mol. The van der Waals surface area contributed by atoms with Crippen LogP contribution in [0.25, 0.3) is 0 Å². The van der Waals surface area contributed by atoms with Crippen LogP contribution >= 0.6 is 27.3 Å². The number of hydrogen-bond acceptors (Lipinski definition) is 6. The molecule has 0 amide bonds. The highest BCUT2D eigenvalue weighted by atomic mass is 79.9. The van der Waals surface area contributed by atoms with Crippen molar-refractivity contribution in [1.29, 1.82) is 0 Å². The molecule has 2 aromatic heterocycles. The Labute approximate surface area is 105 Å². The quantitative estimate of drug-likeness (QED) is 0.807. The summed E-state index contributed by atoms with van der Waals surface area (Å²) in [5.41, 5.74) is 11.0. The number of nitrogens with two attached hydrogens (primary N) is 2. The summed E-state index contributed by atoms with van der Waals surface area (Å²) >= 11 is 5.06. The van der Waals surface area contributed by atoms with E-state index in [0.717, 1.165) is 4.47 Å². The molecule has 0 bridgehead atoms. The monoisotopic (exact) mass is 299 g/mol. The van der Waals surface area contributed by atoms with Crippen LogP contribution in [0, 0.1) is 0 Å². The van der Waals surface area contributed by atoms with E-state index in [-0.39, 0.29) is 5.95 Å². The van der Waals surface area contributed by atoms with Gasteiger partial charge in [-0.15, -0.1) is 11.3 Å². The van der Waals surface area contributed by atoms with Crippen LogP contribution in [0.5, 0.6) is 0 Å². The second kappa shape index (κ2) is 4.67. The molecular formula is C9H10BrN5S. The Morgan fingerprint density at radius 1 is 1.31 bits per heavy atom. The van der Waals surface area contributed by atoms with Crippen molar-refractivity contribution in [1.82, 2.24) is 9.97 Å². The van der Waals surface area contributed by atoms with Crippen LogP contribution in [0.15, 0.2) is 22.0 Å². The molecule has 0 aliphatic carbocycles. The Morgan fingerprint density at radius 3 is 2.75 bits per heavy atom. The van der Waals surface area contributed by atoms with Crippen molar-refractivity contribution >= 4 is 44.9 Å². The van der Waals surface area contributed by atoms with E-state index in [2.05, 4.69) is 31.2 Å². The molecule has 5 nitrogen and oxygen atoms in total. The van der Waals surface area contributed by atoms with E-state index in [1.54, 1.807) is 17.4 Å². The second-order valence-electron chi connectivity index (χ2n) is 3.12. The first-order chi connectivity index (χ1) is 7.63. The fraction of sp³-hybridized carbons (Fsp3) is 0.111. The molecule has 0 saturated carbocycles. The zero-order valence-corrected chi connectivity index (χ0v) is 10.7. The van der Waals surface area contributed by atoms with Gasteiger partial charge in [-0.1, -0.05) is 0 Å². The van der Waals surface area contributed by atoms with Crippen molar-refractivity contribution in [2.24, 2.45) is 0 Å². The zero-order valence-electron chi connectivity index (χ0n) is 8.27. The van der Waals surface area contributed by atoms with Crippen LogP contribution in [-0.2, 0) is 6.54 Å². The minimum Gasteiger partial charge on any atom is -0.383 e. The van der Waals surface area contributed by atoms with Crippen LogP contribution < -0.4 is 16.8 Å². The molecule has 2 heterocycles. The normalized spacial score (nSPS) is 10.3. The zero-order chi connectivity index (χ0) is 11.5. The Morgan fingerprint density at radius 2 is 2.12 bits per heavy atom. The predicted octanol–water partition coefficient (Wildman–Crippen LogP) is 2.08. The van der Waals surface area contributed by atoms with Gasteiger partial charge < -0.3 is 16.8 Å². The average Bonchev–Trinajstić information content (AvgIpc) is 2.60. The number of halogens is 1. The lowest BCUT2D eigenvalue weighted by molar-refractivity contribution is 1.11. The van der Waals surface area contributed by atoms with E-state index >= 15 is 0 Å². The van der Waals surface area contributed by atoms with E-state index in [4.69, 9.17) is 11.5 Å². The standard InChI is InChI=1S/C9H10BrN5S/c10-5-1-6(16-4-5)3-13-8-2-7(11)14-9(12)15-8/h1-2,4H,3H2,(H5,11,12,13,14,15). The predicted molar refractivity (Wildman–Crippen MR) is 70.2 cm³/mol. The molecular weight excluding hydrogens is 290 g/mol. The number of rotatable bonds is 3. The van der Waals surface area contributed by atoms with Gasteiger partial charge in [-0.25, -0.2) is 0 Å². The van der Waals surface area contributed by atoms with Gasteiger partial charge in [0.2, 0.25) is 5.95 Å². The van der Waals surface area contributed by atoms with Crippen LogP contribution in [0.1, 0.15) is 4.88 Å². The highest BCUT2D eigenvalue weighted by Gasteiger charge is 2.01. The van der Waals surface area contributed by atoms with E-state index in [1.165, 1.54) is 4.88 Å². The van der Waals surface area contributed by atoms with Crippen molar-refractivity contribution in [3.8, 4) is 0 Å². The first kappa shape index (κ1) is 11.2. The SMILES string of the molecule is Nc1cc(NCc2cc(Br)cs2)nc(N)n1. The first-order valence-corrected chi connectivity index (χ1v) is 6.17. The van der Waals surface area contributed by atoms with Crippen LogP contribution in [0.3, 0.4) is 0 Å². The topological polar surface area (TPSA) is 89.8 Å². The highest BCUT2D eigenvalue weighted by molar-refractivity contribution is 9.10. The third-order valence-electron chi connectivity index (χ3n) is 1.83. The molecule has 0 fully saturated rings. The summed E-state index contributed by atoms with van der Waals surface area (Å²) in [6.45, 7) is 0.687. The molecule has 5 N–H and O–H groups in total. The van der Waals surface area contributed by atoms with Gasteiger partial charge in [0.25, 0.3) is 0 Å². The summed E-state index contributed by atoms with van der Waals surface area (Å²) in [6.07, 6.45) is 0. The third-order valence-corrected chi connectivity index (χ3v) is 3.53. The molecule has 0 unspecified atom stereocenters. The molecule has 0 radical (unpaired) electrons. The fourth-order valence-corrected chi connectivity index (χ4v) is 2.59. The van der Waals surface area contributed by atoms with Crippen LogP contribution in [-0.4, -0.2) is 9.97 Å². The molecule has 0 spiro atoms. The molecule has 2 rings (SSSR count). The maximum absolute atomic E-state index is 5.56. The lowest BCUT2D eigenvalue weighted by Crippen LogP contribution is -2.05. The Kier molecular flexibility index (Phi) is 3.25. The van der Waals surface area contributed by atoms with Crippen molar-refractivity contribution in [2.75, 3.05) is 16.8 Å². The van der Waals surface area contributed by atoms with Gasteiger partial charge in [0, 0.05) is 20.8 Å². The Balaban J connectivity index is 2.04. The molecule has 0 aliphatic rings. The van der Waals surface area contributed by atoms with Crippen molar-refractivity contribution < 1.29 is 0 Å². The summed E-state index contributed by atoms with van der Waals surface area (Å²) in [6, 6.07) is 3.70. The summed E-state index contributed by atoms with van der Waals surface area (Å²) in [5.74, 6) is 1.17. The number of thiophene rings is 1. The van der Waals surface area contributed by atoms with E-state index in [9.17, 15) is 0 Å². The molecule has 84 valence electrons. The van der Waals surface area contributed by atoms with Gasteiger partial charge in [0.05, 0.1) is 6.54 Å². The number of aromatic nitrogens is 2. The van der Waals surface area contributed by atoms with Gasteiger partial charge in [-0.3, -0.25) is 0 Å². The number of nitrogens with zero attached hydrogens (tertiary/aromatic N) is 2. The molecule has 7 heteroatoms. The first-order valence-electron chi connectivity index (χ1n) is 4.50. The summed E-state index contributed by atoms with van der Waals surface area (Å²) in [7, 11) is 0. The lowest BCUT2D eigenvalue weighted by atomic mass is 10.4. The van der Waals surface area contributed by atoms with E-state index in [0.29, 0.717) is 18.2 Å². The molecule has 0 saturated heterocycles. The second-order valence-corrected chi connectivity index (χ2v) is 5.03. The Hall–Kier alpha value is -1.34. The highest BCUT2D eigenvalue weighted by Crippen LogP contribution is 2.20. The number of nitrogen functional groups attached to an aromatic ring is 2. The summed E-state index contributed by atoms with van der Waals surface area (Å²) in [5, 5.41) is 5.16. The molecule has 0 atom stereocenters. The lowest BCUT2D eigenvalue weighted by Gasteiger charge is -2.04. The van der Waals surface area contributed by atoms with E-state index < -0.39 is 0 Å². The maximum atomic E-state index is 5.56. The number of nitrogens with one attached hydrogen (secondary N) is 1. The molecule has 16 heavy (non-hydrogen) atoms. The van der Waals surface area contributed by atoms with Gasteiger partial charge >= 0.3 is 0 Å². The largest absolute Gasteiger partial charge is 0.383 e. The van der Waals surface area contributed by atoms with Crippen molar-refractivity contribution in [3.05, 3.63) is 26.9 Å². The molecule has 0 aromatic carbocycles. The van der Waals surface area contributed by atoms with Gasteiger partial charge in [0.1, 0.15) is 11.6 Å². The van der Waals surface area contributed by atoms with Crippen molar-refractivity contribution in [3.63, 3.8) is 0 Å². The number of hydrogen-bond donors (Lipinski definition) is 3. The van der Waals surface area contributed by atoms with Crippen LogP contribution in [0.4, 0.5) is 17.6 Å². The molecule has 2 aromatic rings. The smallest absolute Gasteiger partial charge is 0.223 e. The van der Waals surface area contributed by atoms with Gasteiger partial charge in [0.15, 0.2) is 0 Å². The Bertz CT molecular complexity index is 478. The summed E-state index contributed by atoms with van der Waals surface area (Å²) in [4.78, 5) is 9.01. The van der Waals surface area contributed by atoms with Crippen LogP contribution in [0.2, 0.25) is 0 Å². The van der Waals surface area contributed by atoms with Gasteiger partial charge in [-0.2, -0.15) is 9.97 Å².